The second kappa shape index (κ2) is 8.85. The van der Waals surface area contributed by atoms with E-state index in [9.17, 15) is 9.90 Å². The highest BCUT2D eigenvalue weighted by Crippen LogP contribution is 2.37. The predicted octanol–water partition coefficient (Wildman–Crippen LogP) is 3.48. The van der Waals surface area contributed by atoms with Crippen molar-refractivity contribution in [2.45, 2.75) is 84.3 Å². The molecule has 5 heteroatoms. The van der Waals surface area contributed by atoms with Crippen LogP contribution in [0, 0.1) is 5.92 Å². The molecule has 1 aliphatic heterocycles. The molecule has 1 rings (SSSR count). The number of likely N-dealkylation sites (tertiary alicyclic amines) is 1. The van der Waals surface area contributed by atoms with E-state index in [1.54, 1.807) is 0 Å². The molecular formula is C17H33NO4. The van der Waals surface area contributed by atoms with Crippen molar-refractivity contribution in [3.8, 4) is 0 Å². The Bertz CT molecular complexity index is 326. The Balaban J connectivity index is 3.03. The van der Waals surface area contributed by atoms with Gasteiger partial charge in [-0.15, -0.1) is 0 Å². The summed E-state index contributed by atoms with van der Waals surface area (Å²) >= 11 is 0. The molecule has 0 radical (unpaired) electrons. The van der Waals surface area contributed by atoms with Crippen LogP contribution in [0.5, 0.6) is 0 Å². The lowest BCUT2D eigenvalue weighted by atomic mass is 9.93. The van der Waals surface area contributed by atoms with E-state index in [0.29, 0.717) is 19.4 Å². The Morgan fingerprint density at radius 3 is 1.95 bits per heavy atom. The van der Waals surface area contributed by atoms with Gasteiger partial charge in [0, 0.05) is 13.0 Å². The summed E-state index contributed by atoms with van der Waals surface area (Å²) in [5.74, 6) is -2.06. The molecule has 0 aromatic carbocycles. The smallest absolute Gasteiger partial charge is 0.306 e. The number of piperidine rings is 1. The third-order valence-corrected chi connectivity index (χ3v) is 4.77. The Kier molecular flexibility index (Phi) is 7.80. The molecule has 0 spiro atoms. The number of hydrogen-bond acceptors (Lipinski definition) is 4. The Morgan fingerprint density at radius 1 is 1.14 bits per heavy atom. The zero-order valence-electron chi connectivity index (χ0n) is 14.8. The summed E-state index contributed by atoms with van der Waals surface area (Å²) < 4.78 is 12.7. The zero-order chi connectivity index (χ0) is 16.8. The summed E-state index contributed by atoms with van der Waals surface area (Å²) in [6, 6.07) is 0. The first kappa shape index (κ1) is 19.4. The highest BCUT2D eigenvalue weighted by Gasteiger charge is 2.47. The Hall–Kier alpha value is -0.650. The molecule has 5 nitrogen and oxygen atoms in total. The van der Waals surface area contributed by atoms with E-state index in [1.165, 1.54) is 0 Å². The van der Waals surface area contributed by atoms with Gasteiger partial charge in [0.25, 0.3) is 0 Å². The average Bonchev–Trinajstić information content (AvgIpc) is 2.52. The predicted molar refractivity (Wildman–Crippen MR) is 86.6 cm³/mol. The van der Waals surface area contributed by atoms with Crippen LogP contribution in [0.1, 0.15) is 66.2 Å². The van der Waals surface area contributed by atoms with E-state index < -0.39 is 17.8 Å². The third kappa shape index (κ3) is 4.67. The van der Waals surface area contributed by atoms with Crippen molar-refractivity contribution in [3.63, 3.8) is 0 Å². The lowest BCUT2D eigenvalue weighted by molar-refractivity contribution is -0.360. The molecule has 1 fully saturated rings. The van der Waals surface area contributed by atoms with Crippen LogP contribution in [0.15, 0.2) is 0 Å². The summed E-state index contributed by atoms with van der Waals surface area (Å²) in [6.45, 7) is 9.05. The summed E-state index contributed by atoms with van der Waals surface area (Å²) in [4.78, 5) is 13.5. The number of carboxylic acid groups (broad SMARTS) is 1. The molecule has 0 bridgehead atoms. The van der Waals surface area contributed by atoms with E-state index >= 15 is 0 Å². The van der Waals surface area contributed by atoms with Crippen LogP contribution >= 0.6 is 0 Å². The summed E-state index contributed by atoms with van der Waals surface area (Å²) in [6.07, 6.45) is 4.81. The molecule has 1 unspecified atom stereocenters. The number of carbonyl (C=O) groups is 1. The van der Waals surface area contributed by atoms with Gasteiger partial charge in [0.05, 0.1) is 18.1 Å². The minimum atomic E-state index is -0.908. The summed E-state index contributed by atoms with van der Waals surface area (Å²) in [7, 11) is 1.98. The molecular weight excluding hydrogens is 282 g/mol. The van der Waals surface area contributed by atoms with Crippen LogP contribution in [-0.2, 0) is 14.3 Å². The molecule has 0 aromatic rings. The first-order valence-corrected chi connectivity index (χ1v) is 8.71. The molecule has 130 valence electrons. The van der Waals surface area contributed by atoms with Crippen LogP contribution in [0.4, 0.5) is 0 Å². The summed E-state index contributed by atoms with van der Waals surface area (Å²) in [5, 5.41) is 9.42. The van der Waals surface area contributed by atoms with E-state index in [2.05, 4.69) is 32.6 Å². The van der Waals surface area contributed by atoms with E-state index in [0.717, 1.165) is 25.7 Å². The van der Waals surface area contributed by atoms with Crippen molar-refractivity contribution in [2.75, 3.05) is 13.6 Å². The van der Waals surface area contributed by atoms with Crippen molar-refractivity contribution in [1.29, 1.82) is 0 Å². The van der Waals surface area contributed by atoms with Gasteiger partial charge in [0.1, 0.15) is 0 Å². The van der Waals surface area contributed by atoms with Crippen molar-refractivity contribution in [3.05, 3.63) is 0 Å². The van der Waals surface area contributed by atoms with Crippen LogP contribution in [0.3, 0.4) is 0 Å². The quantitative estimate of drug-likeness (QED) is 0.660. The normalized spacial score (nSPS) is 22.4. The SMILES string of the molecule is CCC(CC)OC1(OC(CC)CC)CC(C(=O)O)CCN1C. The van der Waals surface area contributed by atoms with Gasteiger partial charge in [-0.25, -0.2) is 0 Å². The highest BCUT2D eigenvalue weighted by molar-refractivity contribution is 5.70. The minimum absolute atomic E-state index is 0.0874. The number of aliphatic carboxylic acids is 1. The van der Waals surface area contributed by atoms with Crippen LogP contribution in [-0.4, -0.2) is 47.7 Å². The molecule has 0 aliphatic carbocycles. The number of hydrogen-bond donors (Lipinski definition) is 1. The minimum Gasteiger partial charge on any atom is -0.481 e. The van der Waals surface area contributed by atoms with Crippen molar-refractivity contribution < 1.29 is 19.4 Å². The van der Waals surface area contributed by atoms with E-state index in [-0.39, 0.29) is 12.2 Å². The second-order valence-electron chi connectivity index (χ2n) is 6.27. The molecule has 1 aliphatic rings. The van der Waals surface area contributed by atoms with E-state index in [4.69, 9.17) is 9.47 Å². The number of nitrogens with zero attached hydrogens (tertiary/aromatic N) is 1. The molecule has 1 atom stereocenters. The fourth-order valence-corrected chi connectivity index (χ4v) is 3.04. The Morgan fingerprint density at radius 2 is 1.59 bits per heavy atom. The molecule has 1 saturated heterocycles. The van der Waals surface area contributed by atoms with Crippen molar-refractivity contribution in [1.82, 2.24) is 4.90 Å². The topological polar surface area (TPSA) is 59.0 Å². The van der Waals surface area contributed by atoms with Gasteiger partial charge >= 0.3 is 5.97 Å². The first-order valence-electron chi connectivity index (χ1n) is 8.71. The monoisotopic (exact) mass is 315 g/mol. The third-order valence-electron chi connectivity index (χ3n) is 4.77. The molecule has 0 aromatic heterocycles. The van der Waals surface area contributed by atoms with Gasteiger partial charge in [0.15, 0.2) is 0 Å². The van der Waals surface area contributed by atoms with Crippen LogP contribution in [0.25, 0.3) is 0 Å². The van der Waals surface area contributed by atoms with Gasteiger partial charge in [0.2, 0.25) is 5.91 Å². The Labute approximate surface area is 135 Å². The van der Waals surface area contributed by atoms with E-state index in [1.807, 2.05) is 7.05 Å². The van der Waals surface area contributed by atoms with Gasteiger partial charge in [-0.3, -0.25) is 9.69 Å². The van der Waals surface area contributed by atoms with Gasteiger partial charge in [-0.1, -0.05) is 27.7 Å². The maximum Gasteiger partial charge on any atom is 0.306 e. The second-order valence-corrected chi connectivity index (χ2v) is 6.27. The van der Waals surface area contributed by atoms with Crippen LogP contribution in [0.2, 0.25) is 0 Å². The van der Waals surface area contributed by atoms with Gasteiger partial charge in [-0.05, 0) is 39.2 Å². The van der Waals surface area contributed by atoms with Gasteiger partial charge in [-0.2, -0.15) is 0 Å². The number of rotatable bonds is 9. The fourth-order valence-electron chi connectivity index (χ4n) is 3.04. The maximum absolute atomic E-state index is 11.5. The fraction of sp³-hybridized carbons (Fsp3) is 0.941. The highest BCUT2D eigenvalue weighted by atomic mass is 16.7. The first-order chi connectivity index (χ1) is 10.4. The zero-order valence-corrected chi connectivity index (χ0v) is 14.8. The van der Waals surface area contributed by atoms with Crippen molar-refractivity contribution >= 4 is 5.97 Å². The maximum atomic E-state index is 11.5. The molecule has 22 heavy (non-hydrogen) atoms. The number of carboxylic acids is 1. The van der Waals surface area contributed by atoms with Crippen LogP contribution < -0.4 is 0 Å². The molecule has 0 amide bonds. The molecule has 0 saturated carbocycles. The lowest BCUT2D eigenvalue weighted by Crippen LogP contribution is -2.59. The molecule has 1 N–H and O–H groups in total. The lowest BCUT2D eigenvalue weighted by Gasteiger charge is -2.48. The molecule has 1 heterocycles. The summed E-state index contributed by atoms with van der Waals surface area (Å²) in [5.41, 5.74) is 0. The number of ether oxygens (including phenoxy) is 2. The van der Waals surface area contributed by atoms with Crippen molar-refractivity contribution in [2.24, 2.45) is 5.92 Å². The largest absolute Gasteiger partial charge is 0.481 e. The standard InChI is InChI=1S/C17H33NO4/c1-6-14(7-2)21-17(22-15(8-3)9-4)12-13(16(19)20)10-11-18(17)5/h13-15H,6-12H2,1-5H3,(H,19,20). The van der Waals surface area contributed by atoms with Gasteiger partial charge < -0.3 is 14.6 Å². The average molecular weight is 315 g/mol.